The van der Waals surface area contributed by atoms with Gasteiger partial charge in [-0.3, -0.25) is 4.79 Å². The highest BCUT2D eigenvalue weighted by Crippen LogP contribution is 2.23. The summed E-state index contributed by atoms with van der Waals surface area (Å²) in [4.78, 5) is 12.4. The van der Waals surface area contributed by atoms with Gasteiger partial charge in [-0.05, 0) is 67.3 Å². The summed E-state index contributed by atoms with van der Waals surface area (Å²) >= 11 is 0. The molecule has 0 radical (unpaired) electrons. The van der Waals surface area contributed by atoms with Crippen molar-refractivity contribution in [1.82, 2.24) is 5.32 Å². The Morgan fingerprint density at radius 3 is 2.81 bits per heavy atom. The van der Waals surface area contributed by atoms with E-state index in [1.807, 2.05) is 37.3 Å². The number of anilines is 1. The van der Waals surface area contributed by atoms with E-state index >= 15 is 0 Å². The maximum atomic E-state index is 12.4. The van der Waals surface area contributed by atoms with Crippen molar-refractivity contribution < 1.29 is 4.79 Å². The Morgan fingerprint density at radius 2 is 2.00 bits per heavy atom. The highest BCUT2D eigenvalue weighted by molar-refractivity contribution is 6.04. The van der Waals surface area contributed by atoms with Crippen molar-refractivity contribution in [2.45, 2.75) is 26.8 Å². The molecule has 0 spiro atoms. The molecule has 0 aliphatic carbocycles. The second-order valence-electron chi connectivity index (χ2n) is 5.62. The molecule has 108 valence electrons. The Balaban J connectivity index is 1.86. The van der Waals surface area contributed by atoms with Crippen LogP contribution in [0.1, 0.15) is 32.6 Å². The van der Waals surface area contributed by atoms with Gasteiger partial charge in [-0.2, -0.15) is 0 Å². The van der Waals surface area contributed by atoms with Gasteiger partial charge in [0.1, 0.15) is 0 Å². The molecular weight excluding hydrogens is 260 g/mol. The fourth-order valence-electron chi connectivity index (χ4n) is 2.73. The molecule has 2 aromatic carbocycles. The van der Waals surface area contributed by atoms with Gasteiger partial charge in [-0.1, -0.05) is 18.2 Å². The number of hydrogen-bond acceptors (Lipinski definition) is 2. The van der Waals surface area contributed by atoms with Crippen molar-refractivity contribution in [1.29, 1.82) is 0 Å². The van der Waals surface area contributed by atoms with Crippen LogP contribution in [0.15, 0.2) is 36.4 Å². The van der Waals surface area contributed by atoms with E-state index in [0.29, 0.717) is 5.56 Å². The molecule has 0 saturated heterocycles. The average Bonchev–Trinajstić information content (AvgIpc) is 2.50. The number of aryl methyl sites for hydroxylation is 2. The SMILES string of the molecule is Cc1ccc(C(=O)Nc2cccc3c2CCNC3)cc1C. The van der Waals surface area contributed by atoms with Gasteiger partial charge in [0.15, 0.2) is 0 Å². The summed E-state index contributed by atoms with van der Waals surface area (Å²) in [5.41, 5.74) is 6.53. The second kappa shape index (κ2) is 5.70. The number of amides is 1. The molecule has 1 amide bonds. The molecule has 3 rings (SSSR count). The van der Waals surface area contributed by atoms with Gasteiger partial charge in [0.25, 0.3) is 5.91 Å². The van der Waals surface area contributed by atoms with Crippen LogP contribution in [0.4, 0.5) is 5.69 Å². The average molecular weight is 280 g/mol. The molecule has 0 bridgehead atoms. The zero-order chi connectivity index (χ0) is 14.8. The van der Waals surface area contributed by atoms with Gasteiger partial charge in [-0.25, -0.2) is 0 Å². The van der Waals surface area contributed by atoms with Crippen molar-refractivity contribution in [2.24, 2.45) is 0 Å². The predicted octanol–water partition coefficient (Wildman–Crippen LogP) is 3.20. The van der Waals surface area contributed by atoms with Crippen LogP contribution in [0, 0.1) is 13.8 Å². The Bertz CT molecular complexity index is 692. The first-order valence-corrected chi connectivity index (χ1v) is 7.35. The molecule has 3 nitrogen and oxygen atoms in total. The summed E-state index contributed by atoms with van der Waals surface area (Å²) in [6.45, 7) is 5.92. The molecular formula is C18H20N2O. The first-order chi connectivity index (χ1) is 10.1. The minimum atomic E-state index is -0.0370. The van der Waals surface area contributed by atoms with Gasteiger partial charge in [-0.15, -0.1) is 0 Å². The van der Waals surface area contributed by atoms with E-state index < -0.39 is 0 Å². The molecule has 3 heteroatoms. The van der Waals surface area contributed by atoms with Crippen molar-refractivity contribution in [3.63, 3.8) is 0 Å². The zero-order valence-electron chi connectivity index (χ0n) is 12.5. The van der Waals surface area contributed by atoms with Gasteiger partial charge in [0.05, 0.1) is 0 Å². The molecule has 2 N–H and O–H groups in total. The molecule has 1 aliphatic rings. The smallest absolute Gasteiger partial charge is 0.255 e. The lowest BCUT2D eigenvalue weighted by Crippen LogP contribution is -2.25. The van der Waals surface area contributed by atoms with Gasteiger partial charge in [0.2, 0.25) is 0 Å². The van der Waals surface area contributed by atoms with Crippen molar-refractivity contribution in [3.8, 4) is 0 Å². The zero-order valence-corrected chi connectivity index (χ0v) is 12.5. The molecule has 0 atom stereocenters. The van der Waals surface area contributed by atoms with E-state index in [-0.39, 0.29) is 5.91 Å². The number of rotatable bonds is 2. The minimum absolute atomic E-state index is 0.0370. The summed E-state index contributed by atoms with van der Waals surface area (Å²) in [7, 11) is 0. The number of hydrogen-bond donors (Lipinski definition) is 2. The van der Waals surface area contributed by atoms with Crippen LogP contribution >= 0.6 is 0 Å². The monoisotopic (exact) mass is 280 g/mol. The lowest BCUT2D eigenvalue weighted by molar-refractivity contribution is 0.102. The van der Waals surface area contributed by atoms with Crippen LogP contribution < -0.4 is 10.6 Å². The number of nitrogens with one attached hydrogen (secondary N) is 2. The third kappa shape index (κ3) is 2.83. The predicted molar refractivity (Wildman–Crippen MR) is 85.7 cm³/mol. The fraction of sp³-hybridized carbons (Fsp3) is 0.278. The normalized spacial score (nSPS) is 13.6. The van der Waals surface area contributed by atoms with Gasteiger partial charge >= 0.3 is 0 Å². The van der Waals surface area contributed by atoms with Crippen LogP contribution in [0.2, 0.25) is 0 Å². The molecule has 21 heavy (non-hydrogen) atoms. The summed E-state index contributed by atoms with van der Waals surface area (Å²) in [5.74, 6) is -0.0370. The number of carbonyl (C=O) groups is 1. The van der Waals surface area contributed by atoms with Crippen LogP contribution in [0.25, 0.3) is 0 Å². The van der Waals surface area contributed by atoms with Crippen LogP contribution in [0.3, 0.4) is 0 Å². The largest absolute Gasteiger partial charge is 0.322 e. The van der Waals surface area contributed by atoms with Crippen molar-refractivity contribution in [2.75, 3.05) is 11.9 Å². The lowest BCUT2D eigenvalue weighted by Gasteiger charge is -2.20. The van der Waals surface area contributed by atoms with Crippen LogP contribution in [-0.2, 0) is 13.0 Å². The summed E-state index contributed by atoms with van der Waals surface area (Å²) in [5, 5.41) is 6.42. The fourth-order valence-corrected chi connectivity index (χ4v) is 2.73. The Hall–Kier alpha value is -2.13. The third-order valence-corrected chi connectivity index (χ3v) is 4.16. The van der Waals surface area contributed by atoms with Crippen molar-refractivity contribution >= 4 is 11.6 Å². The number of fused-ring (bicyclic) bond motifs is 1. The second-order valence-corrected chi connectivity index (χ2v) is 5.62. The van der Waals surface area contributed by atoms with Gasteiger partial charge in [0, 0.05) is 17.8 Å². The topological polar surface area (TPSA) is 41.1 Å². The molecule has 1 heterocycles. The van der Waals surface area contributed by atoms with Crippen molar-refractivity contribution in [3.05, 3.63) is 64.2 Å². The quantitative estimate of drug-likeness (QED) is 0.887. The summed E-state index contributed by atoms with van der Waals surface area (Å²) < 4.78 is 0. The van der Waals surface area contributed by atoms with E-state index in [2.05, 4.69) is 23.6 Å². The van der Waals surface area contributed by atoms with E-state index in [4.69, 9.17) is 0 Å². The lowest BCUT2D eigenvalue weighted by atomic mass is 9.98. The number of carbonyl (C=O) groups excluding carboxylic acids is 1. The molecule has 2 aromatic rings. The highest BCUT2D eigenvalue weighted by Gasteiger charge is 2.15. The van der Waals surface area contributed by atoms with E-state index in [0.717, 1.165) is 30.8 Å². The third-order valence-electron chi connectivity index (χ3n) is 4.16. The molecule has 0 fully saturated rings. The maximum absolute atomic E-state index is 12.4. The van der Waals surface area contributed by atoms with Crippen LogP contribution in [0.5, 0.6) is 0 Å². The Labute approximate surface area is 125 Å². The van der Waals surface area contributed by atoms with E-state index in [1.165, 1.54) is 16.7 Å². The Kier molecular flexibility index (Phi) is 3.76. The number of benzene rings is 2. The molecule has 0 unspecified atom stereocenters. The minimum Gasteiger partial charge on any atom is -0.322 e. The van der Waals surface area contributed by atoms with Crippen LogP contribution in [-0.4, -0.2) is 12.5 Å². The van der Waals surface area contributed by atoms with E-state index in [9.17, 15) is 4.79 Å². The molecule has 0 aromatic heterocycles. The summed E-state index contributed by atoms with van der Waals surface area (Å²) in [6, 6.07) is 11.9. The standard InChI is InChI=1S/C18H20N2O/c1-12-6-7-14(10-13(12)2)18(21)20-17-5-3-4-15-11-19-9-8-16(15)17/h3-7,10,19H,8-9,11H2,1-2H3,(H,20,21). The summed E-state index contributed by atoms with van der Waals surface area (Å²) in [6.07, 6.45) is 0.957. The van der Waals surface area contributed by atoms with E-state index in [1.54, 1.807) is 0 Å². The van der Waals surface area contributed by atoms with Gasteiger partial charge < -0.3 is 10.6 Å². The Morgan fingerprint density at radius 1 is 1.14 bits per heavy atom. The molecule has 1 aliphatic heterocycles. The first kappa shape index (κ1) is 13.8. The molecule has 0 saturated carbocycles. The highest BCUT2D eigenvalue weighted by atomic mass is 16.1. The maximum Gasteiger partial charge on any atom is 0.255 e. The first-order valence-electron chi connectivity index (χ1n) is 7.35.